The second-order valence-electron chi connectivity index (χ2n) is 7.26. The van der Waals surface area contributed by atoms with Gasteiger partial charge in [-0.25, -0.2) is 0 Å². The molecule has 0 saturated carbocycles. The maximum absolute atomic E-state index is 3.90. The number of benzene rings is 3. The molecule has 1 N–H and O–H groups in total. The number of allylic oxidation sites excluding steroid dienone is 5. The zero-order valence-corrected chi connectivity index (χ0v) is 17.3. The summed E-state index contributed by atoms with van der Waals surface area (Å²) in [4.78, 5) is 0. The molecule has 1 nitrogen and oxygen atoms in total. The van der Waals surface area contributed by atoms with Crippen LogP contribution in [0, 0.1) is 6.92 Å². The highest BCUT2D eigenvalue weighted by atomic mass is 14.9. The van der Waals surface area contributed by atoms with Crippen LogP contribution in [0.2, 0.25) is 0 Å². The lowest BCUT2D eigenvalue weighted by Gasteiger charge is -2.19. The average Bonchev–Trinajstić information content (AvgIpc) is 2.75. The summed E-state index contributed by atoms with van der Waals surface area (Å²) in [5, 5.41) is 3.47. The third-order valence-corrected chi connectivity index (χ3v) is 5.01. The summed E-state index contributed by atoms with van der Waals surface area (Å²) >= 11 is 0. The first-order chi connectivity index (χ1) is 14.2. The van der Waals surface area contributed by atoms with E-state index in [4.69, 9.17) is 0 Å². The molecule has 29 heavy (non-hydrogen) atoms. The van der Waals surface area contributed by atoms with E-state index in [9.17, 15) is 0 Å². The molecule has 1 atom stereocenters. The summed E-state index contributed by atoms with van der Waals surface area (Å²) in [5.74, 6) is 0.293. The van der Waals surface area contributed by atoms with Gasteiger partial charge in [-0.3, -0.25) is 0 Å². The molecule has 0 fully saturated rings. The van der Waals surface area contributed by atoms with Crippen molar-refractivity contribution in [1.29, 1.82) is 0 Å². The Morgan fingerprint density at radius 3 is 2.10 bits per heavy atom. The fourth-order valence-corrected chi connectivity index (χ4v) is 3.49. The zero-order valence-electron chi connectivity index (χ0n) is 17.3. The van der Waals surface area contributed by atoms with Crippen molar-refractivity contribution in [3.8, 4) is 0 Å². The Bertz CT molecular complexity index is 961. The molecular formula is C28H29N. The van der Waals surface area contributed by atoms with Crippen molar-refractivity contribution in [2.24, 2.45) is 0 Å². The molecular weight excluding hydrogens is 350 g/mol. The second-order valence-corrected chi connectivity index (χ2v) is 7.26. The fraction of sp³-hybridized carbons (Fsp3) is 0.143. The number of hydrogen-bond acceptors (Lipinski definition) is 1. The van der Waals surface area contributed by atoms with Crippen LogP contribution in [0.5, 0.6) is 0 Å². The van der Waals surface area contributed by atoms with Crippen molar-refractivity contribution in [2.45, 2.75) is 26.2 Å². The molecule has 0 aliphatic rings. The molecule has 0 radical (unpaired) electrons. The quantitative estimate of drug-likeness (QED) is 0.394. The minimum absolute atomic E-state index is 0.293. The van der Waals surface area contributed by atoms with Crippen molar-refractivity contribution in [1.82, 2.24) is 0 Å². The molecule has 3 rings (SSSR count). The summed E-state index contributed by atoms with van der Waals surface area (Å²) in [6.45, 7) is 8.07. The van der Waals surface area contributed by atoms with E-state index in [1.807, 2.05) is 6.08 Å². The summed E-state index contributed by atoms with van der Waals surface area (Å²) in [7, 11) is 0. The molecule has 1 unspecified atom stereocenters. The lowest BCUT2D eigenvalue weighted by Crippen LogP contribution is -2.05. The zero-order chi connectivity index (χ0) is 20.5. The second kappa shape index (κ2) is 10.3. The van der Waals surface area contributed by atoms with E-state index < -0.39 is 0 Å². The maximum Gasteiger partial charge on any atom is 0.0384 e. The van der Waals surface area contributed by atoms with Crippen LogP contribution in [-0.2, 0) is 6.42 Å². The van der Waals surface area contributed by atoms with Gasteiger partial charge in [0.15, 0.2) is 0 Å². The lowest BCUT2D eigenvalue weighted by atomic mass is 9.85. The molecule has 0 spiro atoms. The Hall–Kier alpha value is -3.32. The van der Waals surface area contributed by atoms with Gasteiger partial charge in [0.1, 0.15) is 0 Å². The van der Waals surface area contributed by atoms with Gasteiger partial charge >= 0.3 is 0 Å². The predicted molar refractivity (Wildman–Crippen MR) is 127 cm³/mol. The smallest absolute Gasteiger partial charge is 0.0384 e. The van der Waals surface area contributed by atoms with Gasteiger partial charge in [-0.1, -0.05) is 91.0 Å². The van der Waals surface area contributed by atoms with E-state index in [0.29, 0.717) is 5.92 Å². The largest absolute Gasteiger partial charge is 0.356 e. The molecule has 0 amide bonds. The van der Waals surface area contributed by atoms with Crippen molar-refractivity contribution in [3.05, 3.63) is 132 Å². The molecule has 0 bridgehead atoms. The van der Waals surface area contributed by atoms with Gasteiger partial charge < -0.3 is 5.32 Å². The monoisotopic (exact) mass is 379 g/mol. The minimum atomic E-state index is 0.293. The van der Waals surface area contributed by atoms with Crippen LogP contribution in [0.4, 0.5) is 11.4 Å². The van der Waals surface area contributed by atoms with Crippen molar-refractivity contribution in [2.75, 3.05) is 5.32 Å². The summed E-state index contributed by atoms with van der Waals surface area (Å²) in [5.41, 5.74) is 7.38. The Labute approximate surface area is 175 Å². The van der Waals surface area contributed by atoms with Crippen LogP contribution in [0.25, 0.3) is 0 Å². The van der Waals surface area contributed by atoms with Gasteiger partial charge in [-0.15, -0.1) is 0 Å². The molecule has 0 heterocycles. The van der Waals surface area contributed by atoms with Crippen LogP contribution in [0.1, 0.15) is 29.5 Å². The first-order valence-electron chi connectivity index (χ1n) is 10.1. The molecule has 0 aromatic heterocycles. The van der Waals surface area contributed by atoms with Crippen molar-refractivity contribution in [3.63, 3.8) is 0 Å². The highest BCUT2D eigenvalue weighted by Crippen LogP contribution is 2.30. The Kier molecular flexibility index (Phi) is 7.24. The van der Waals surface area contributed by atoms with E-state index in [2.05, 4.69) is 123 Å². The molecule has 0 aliphatic carbocycles. The number of rotatable bonds is 8. The summed E-state index contributed by atoms with van der Waals surface area (Å²) in [6, 6.07) is 27.9. The summed E-state index contributed by atoms with van der Waals surface area (Å²) < 4.78 is 0. The number of nitrogens with one attached hydrogen (secondary N) is 1. The van der Waals surface area contributed by atoms with Gasteiger partial charge in [-0.05, 0) is 61.2 Å². The van der Waals surface area contributed by atoms with Gasteiger partial charge in [-0.2, -0.15) is 0 Å². The summed E-state index contributed by atoms with van der Waals surface area (Å²) in [6.07, 6.45) is 9.22. The average molecular weight is 380 g/mol. The highest BCUT2D eigenvalue weighted by molar-refractivity contribution is 5.60. The molecule has 0 saturated heterocycles. The van der Waals surface area contributed by atoms with Crippen LogP contribution < -0.4 is 5.32 Å². The van der Waals surface area contributed by atoms with Gasteiger partial charge in [0.25, 0.3) is 0 Å². The maximum atomic E-state index is 3.90. The van der Waals surface area contributed by atoms with Crippen molar-refractivity contribution < 1.29 is 0 Å². The van der Waals surface area contributed by atoms with E-state index in [1.54, 1.807) is 0 Å². The van der Waals surface area contributed by atoms with E-state index in [1.165, 1.54) is 22.3 Å². The Morgan fingerprint density at radius 1 is 0.897 bits per heavy atom. The SMILES string of the molecule is C=C/C=C(\C=C/C)C(Cc1ccc(Nc2ccc(C)cc2)cc1)c1ccccc1. The highest BCUT2D eigenvalue weighted by Gasteiger charge is 2.15. The predicted octanol–water partition coefficient (Wildman–Crippen LogP) is 7.75. The fourth-order valence-electron chi connectivity index (χ4n) is 3.49. The third-order valence-electron chi connectivity index (χ3n) is 5.01. The Morgan fingerprint density at radius 2 is 1.52 bits per heavy atom. The Balaban J connectivity index is 1.81. The van der Waals surface area contributed by atoms with Gasteiger partial charge in [0.05, 0.1) is 0 Å². The van der Waals surface area contributed by atoms with E-state index >= 15 is 0 Å². The first kappa shape index (κ1) is 20.4. The van der Waals surface area contributed by atoms with Gasteiger partial charge in [0.2, 0.25) is 0 Å². The standard InChI is InChI=1S/C28H29N/c1-4-9-24(10-5-2)28(25-11-7-6-8-12-25)21-23-15-19-27(20-16-23)29-26-17-13-22(3)14-18-26/h4-20,28-29H,1,21H2,2-3H3/b10-5-,24-9+. The van der Waals surface area contributed by atoms with Crippen LogP contribution in [0.15, 0.2) is 115 Å². The number of anilines is 2. The number of hydrogen-bond donors (Lipinski definition) is 1. The molecule has 0 aliphatic heterocycles. The third kappa shape index (κ3) is 5.83. The lowest BCUT2D eigenvalue weighted by molar-refractivity contribution is 0.804. The molecule has 146 valence electrons. The van der Waals surface area contributed by atoms with Crippen LogP contribution >= 0.6 is 0 Å². The molecule has 3 aromatic rings. The minimum Gasteiger partial charge on any atom is -0.356 e. The van der Waals surface area contributed by atoms with E-state index in [0.717, 1.165) is 17.8 Å². The molecule has 1 heteroatoms. The topological polar surface area (TPSA) is 12.0 Å². The van der Waals surface area contributed by atoms with Gasteiger partial charge in [0, 0.05) is 17.3 Å². The normalized spacial score (nSPS) is 12.7. The van der Waals surface area contributed by atoms with E-state index in [-0.39, 0.29) is 0 Å². The molecule has 3 aromatic carbocycles. The number of aryl methyl sites for hydroxylation is 1. The van der Waals surface area contributed by atoms with Crippen LogP contribution in [0.3, 0.4) is 0 Å². The van der Waals surface area contributed by atoms with Crippen LogP contribution in [-0.4, -0.2) is 0 Å². The van der Waals surface area contributed by atoms with Crippen molar-refractivity contribution >= 4 is 11.4 Å². The first-order valence-corrected chi connectivity index (χ1v) is 10.1.